The van der Waals surface area contributed by atoms with Crippen LogP contribution >= 0.6 is 0 Å². The van der Waals surface area contributed by atoms with Gasteiger partial charge in [-0.3, -0.25) is 4.79 Å². The first kappa shape index (κ1) is 14.3. The number of H-pyrrole nitrogens is 1. The molecular weight excluding hydrogens is 279 g/mol. The standard InChI is InChI=1S/C18H17FN2O/c19-15-6-7-16-14(12-21-17(16)11-15)8-9-20-18(22)10-13-4-2-1-3-5-13/h1-7,11-12,21H,8-10H2,(H,20,22). The molecule has 0 saturated carbocycles. The Hall–Kier alpha value is -2.62. The van der Waals surface area contributed by atoms with Crippen LogP contribution in [0.4, 0.5) is 4.39 Å². The highest BCUT2D eigenvalue weighted by Gasteiger charge is 2.06. The molecule has 1 amide bonds. The summed E-state index contributed by atoms with van der Waals surface area (Å²) < 4.78 is 13.1. The summed E-state index contributed by atoms with van der Waals surface area (Å²) >= 11 is 0. The first-order valence-electron chi connectivity index (χ1n) is 7.28. The number of amides is 1. The second-order valence-corrected chi connectivity index (χ2v) is 5.27. The van der Waals surface area contributed by atoms with Gasteiger partial charge in [-0.2, -0.15) is 0 Å². The van der Waals surface area contributed by atoms with Crippen molar-refractivity contribution in [3.8, 4) is 0 Å². The molecule has 4 heteroatoms. The van der Waals surface area contributed by atoms with Gasteiger partial charge in [0.1, 0.15) is 5.82 Å². The number of aromatic nitrogens is 1. The lowest BCUT2D eigenvalue weighted by molar-refractivity contribution is -0.120. The van der Waals surface area contributed by atoms with E-state index in [0.29, 0.717) is 19.4 Å². The molecule has 0 aliphatic heterocycles. The number of fused-ring (bicyclic) bond motifs is 1. The zero-order valence-electron chi connectivity index (χ0n) is 12.1. The number of hydrogen-bond donors (Lipinski definition) is 2. The van der Waals surface area contributed by atoms with Crippen molar-refractivity contribution in [1.82, 2.24) is 10.3 Å². The van der Waals surface area contributed by atoms with Crippen LogP contribution in [0.5, 0.6) is 0 Å². The Morgan fingerprint density at radius 2 is 1.95 bits per heavy atom. The minimum atomic E-state index is -0.253. The average Bonchev–Trinajstić information content (AvgIpc) is 2.90. The first-order valence-corrected chi connectivity index (χ1v) is 7.28. The summed E-state index contributed by atoms with van der Waals surface area (Å²) in [6.45, 7) is 0.565. The van der Waals surface area contributed by atoms with Crippen LogP contribution in [0.1, 0.15) is 11.1 Å². The largest absolute Gasteiger partial charge is 0.361 e. The summed E-state index contributed by atoms with van der Waals surface area (Å²) in [5.74, 6) is -0.242. The summed E-state index contributed by atoms with van der Waals surface area (Å²) in [5, 5.41) is 3.92. The number of aromatic amines is 1. The van der Waals surface area contributed by atoms with Crippen molar-refractivity contribution in [3.63, 3.8) is 0 Å². The van der Waals surface area contributed by atoms with Crippen molar-refractivity contribution >= 4 is 16.8 Å². The Morgan fingerprint density at radius 1 is 1.14 bits per heavy atom. The Bertz CT molecular complexity index is 780. The minimum absolute atomic E-state index is 0.0112. The lowest BCUT2D eigenvalue weighted by Gasteiger charge is -2.05. The molecule has 0 unspecified atom stereocenters. The molecule has 0 radical (unpaired) electrons. The van der Waals surface area contributed by atoms with E-state index in [4.69, 9.17) is 0 Å². The molecular formula is C18H17FN2O. The fourth-order valence-electron chi connectivity index (χ4n) is 2.55. The lowest BCUT2D eigenvalue weighted by atomic mass is 10.1. The first-order chi connectivity index (χ1) is 10.7. The summed E-state index contributed by atoms with van der Waals surface area (Å²) in [5.41, 5.74) is 2.86. The summed E-state index contributed by atoms with van der Waals surface area (Å²) in [7, 11) is 0. The quantitative estimate of drug-likeness (QED) is 0.746. The van der Waals surface area contributed by atoms with E-state index in [1.54, 1.807) is 6.07 Å². The van der Waals surface area contributed by atoms with E-state index in [9.17, 15) is 9.18 Å². The van der Waals surface area contributed by atoms with Gasteiger partial charge in [0, 0.05) is 23.6 Å². The van der Waals surface area contributed by atoms with Gasteiger partial charge < -0.3 is 10.3 Å². The molecule has 3 rings (SSSR count). The summed E-state index contributed by atoms with van der Waals surface area (Å²) in [4.78, 5) is 14.9. The molecule has 112 valence electrons. The van der Waals surface area contributed by atoms with Gasteiger partial charge in [0.2, 0.25) is 5.91 Å². The molecule has 1 heterocycles. The summed E-state index contributed by atoms with van der Waals surface area (Å²) in [6, 6.07) is 14.4. The van der Waals surface area contributed by atoms with Crippen LogP contribution in [0.25, 0.3) is 10.9 Å². The molecule has 1 aromatic heterocycles. The van der Waals surface area contributed by atoms with Crippen LogP contribution in [0.2, 0.25) is 0 Å². The van der Waals surface area contributed by atoms with Gasteiger partial charge in [-0.1, -0.05) is 30.3 Å². The van der Waals surface area contributed by atoms with Crippen molar-refractivity contribution in [2.75, 3.05) is 6.54 Å². The Kier molecular flexibility index (Phi) is 4.19. The molecule has 0 atom stereocenters. The SMILES string of the molecule is O=C(Cc1ccccc1)NCCc1c[nH]c2cc(F)ccc12. The fraction of sp³-hybridized carbons (Fsp3) is 0.167. The number of halogens is 1. The molecule has 0 aliphatic carbocycles. The maximum Gasteiger partial charge on any atom is 0.224 e. The normalized spacial score (nSPS) is 10.8. The van der Waals surface area contributed by atoms with Gasteiger partial charge in [0.05, 0.1) is 6.42 Å². The third-order valence-electron chi connectivity index (χ3n) is 3.65. The van der Waals surface area contributed by atoms with E-state index in [2.05, 4.69) is 10.3 Å². The number of benzene rings is 2. The monoisotopic (exact) mass is 296 g/mol. The molecule has 0 saturated heterocycles. The van der Waals surface area contributed by atoms with Crippen molar-refractivity contribution in [3.05, 3.63) is 71.7 Å². The van der Waals surface area contributed by atoms with E-state index in [-0.39, 0.29) is 11.7 Å². The van der Waals surface area contributed by atoms with Crippen LogP contribution < -0.4 is 5.32 Å². The van der Waals surface area contributed by atoms with E-state index >= 15 is 0 Å². The van der Waals surface area contributed by atoms with Crippen LogP contribution in [0.3, 0.4) is 0 Å². The van der Waals surface area contributed by atoms with E-state index in [1.807, 2.05) is 36.5 Å². The topological polar surface area (TPSA) is 44.9 Å². The Labute approximate surface area is 128 Å². The zero-order chi connectivity index (χ0) is 15.4. The third-order valence-corrected chi connectivity index (χ3v) is 3.65. The van der Waals surface area contributed by atoms with Gasteiger partial charge in [-0.15, -0.1) is 0 Å². The smallest absolute Gasteiger partial charge is 0.224 e. The molecule has 2 aromatic carbocycles. The molecule has 0 spiro atoms. The fourth-order valence-corrected chi connectivity index (χ4v) is 2.55. The second-order valence-electron chi connectivity index (χ2n) is 5.27. The number of nitrogens with one attached hydrogen (secondary N) is 2. The number of rotatable bonds is 5. The van der Waals surface area contributed by atoms with Gasteiger partial charge >= 0.3 is 0 Å². The van der Waals surface area contributed by atoms with Crippen molar-refractivity contribution in [2.45, 2.75) is 12.8 Å². The van der Waals surface area contributed by atoms with Gasteiger partial charge in [0.25, 0.3) is 0 Å². The minimum Gasteiger partial charge on any atom is -0.361 e. The highest BCUT2D eigenvalue weighted by atomic mass is 19.1. The molecule has 0 aliphatic rings. The van der Waals surface area contributed by atoms with Crippen LogP contribution in [-0.2, 0) is 17.6 Å². The number of carbonyl (C=O) groups excluding carboxylic acids is 1. The van der Waals surface area contributed by atoms with Gasteiger partial charge in [0.15, 0.2) is 0 Å². The van der Waals surface area contributed by atoms with Crippen molar-refractivity contribution in [1.29, 1.82) is 0 Å². The van der Waals surface area contributed by atoms with Crippen LogP contribution in [0.15, 0.2) is 54.7 Å². The van der Waals surface area contributed by atoms with Crippen molar-refractivity contribution in [2.24, 2.45) is 0 Å². The molecule has 3 aromatic rings. The Morgan fingerprint density at radius 3 is 2.77 bits per heavy atom. The van der Waals surface area contributed by atoms with E-state index in [1.165, 1.54) is 12.1 Å². The van der Waals surface area contributed by atoms with Gasteiger partial charge in [-0.25, -0.2) is 4.39 Å². The molecule has 2 N–H and O–H groups in total. The third kappa shape index (κ3) is 3.34. The summed E-state index contributed by atoms with van der Waals surface area (Å²) in [6.07, 6.45) is 2.97. The van der Waals surface area contributed by atoms with E-state index < -0.39 is 0 Å². The highest BCUT2D eigenvalue weighted by molar-refractivity contribution is 5.83. The second kappa shape index (κ2) is 6.43. The molecule has 0 bridgehead atoms. The van der Waals surface area contributed by atoms with E-state index in [0.717, 1.165) is 22.0 Å². The maximum absolute atomic E-state index is 13.1. The molecule has 0 fully saturated rings. The number of hydrogen-bond acceptors (Lipinski definition) is 1. The highest BCUT2D eigenvalue weighted by Crippen LogP contribution is 2.19. The predicted octanol–water partition coefficient (Wildman–Crippen LogP) is 3.21. The van der Waals surface area contributed by atoms with Crippen LogP contribution in [0, 0.1) is 5.82 Å². The molecule has 3 nitrogen and oxygen atoms in total. The Balaban J connectivity index is 1.55. The van der Waals surface area contributed by atoms with Crippen LogP contribution in [-0.4, -0.2) is 17.4 Å². The molecule has 22 heavy (non-hydrogen) atoms. The predicted molar refractivity (Wildman–Crippen MR) is 85.1 cm³/mol. The number of carbonyl (C=O) groups is 1. The average molecular weight is 296 g/mol. The maximum atomic E-state index is 13.1. The zero-order valence-corrected chi connectivity index (χ0v) is 12.1. The van der Waals surface area contributed by atoms with Crippen molar-refractivity contribution < 1.29 is 9.18 Å². The van der Waals surface area contributed by atoms with Gasteiger partial charge in [-0.05, 0) is 35.7 Å². The lowest BCUT2D eigenvalue weighted by Crippen LogP contribution is -2.27.